The Morgan fingerprint density at radius 2 is 1.19 bits per heavy atom. The normalized spacial score (nSPS) is 12.1. The molecule has 36 heavy (non-hydrogen) atoms. The summed E-state index contributed by atoms with van der Waals surface area (Å²) < 4.78 is 6.07. The molecule has 0 N–H and O–H groups in total. The van der Waals surface area contributed by atoms with Crippen molar-refractivity contribution in [3.63, 3.8) is 0 Å². The lowest BCUT2D eigenvalue weighted by molar-refractivity contribution is 0.304. The second-order valence-corrected chi connectivity index (χ2v) is 10.1. The number of unbranched alkanes of at least 4 members (excludes halogenated alkanes) is 3. The van der Waals surface area contributed by atoms with Crippen molar-refractivity contribution in [2.75, 3.05) is 11.5 Å². The van der Waals surface area contributed by atoms with Gasteiger partial charge >= 0.3 is 0 Å². The van der Waals surface area contributed by atoms with Crippen LogP contribution in [0.2, 0.25) is 0 Å². The molecule has 0 saturated carbocycles. The van der Waals surface area contributed by atoms with Crippen molar-refractivity contribution in [2.45, 2.75) is 58.8 Å². The second-order valence-electron chi connectivity index (χ2n) is 10.1. The highest BCUT2D eigenvalue weighted by molar-refractivity contribution is 5.76. The fraction of sp³-hybridized carbons (Fsp3) is 0.294. The predicted molar refractivity (Wildman–Crippen MR) is 152 cm³/mol. The third-order valence-electron chi connectivity index (χ3n) is 7.30. The van der Waals surface area contributed by atoms with E-state index in [1.54, 1.807) is 16.7 Å². The van der Waals surface area contributed by atoms with E-state index >= 15 is 0 Å². The summed E-state index contributed by atoms with van der Waals surface area (Å²) >= 11 is 0. The van der Waals surface area contributed by atoms with Gasteiger partial charge in [0, 0.05) is 17.1 Å². The van der Waals surface area contributed by atoms with Gasteiger partial charge in [-0.3, -0.25) is 0 Å². The topological polar surface area (TPSA) is 12.5 Å². The minimum absolute atomic E-state index is 0.778. The van der Waals surface area contributed by atoms with Gasteiger partial charge in [-0.15, -0.1) is 0 Å². The lowest BCUT2D eigenvalue weighted by Crippen LogP contribution is -2.11. The van der Waals surface area contributed by atoms with Crippen LogP contribution in [-0.2, 0) is 19.3 Å². The number of nitrogens with zero attached hydrogens (tertiary/aromatic N) is 1. The molecule has 1 aliphatic carbocycles. The molecule has 0 aromatic heterocycles. The van der Waals surface area contributed by atoms with Gasteiger partial charge in [0.15, 0.2) is 0 Å². The first kappa shape index (κ1) is 24.2. The lowest BCUT2D eigenvalue weighted by Gasteiger charge is -2.26. The summed E-state index contributed by atoms with van der Waals surface area (Å²) in [6, 6.07) is 32.7. The number of rotatable bonds is 11. The van der Waals surface area contributed by atoms with E-state index in [0.717, 1.165) is 35.8 Å². The minimum Gasteiger partial charge on any atom is -0.494 e. The Kier molecular flexibility index (Phi) is 7.71. The predicted octanol–water partition coefficient (Wildman–Crippen LogP) is 9.05. The molecule has 4 aromatic carbocycles. The van der Waals surface area contributed by atoms with Gasteiger partial charge < -0.3 is 9.64 Å². The minimum atomic E-state index is 0.778. The molecule has 0 amide bonds. The Hall–Kier alpha value is -3.52. The quantitative estimate of drug-likeness (QED) is 0.201. The van der Waals surface area contributed by atoms with E-state index in [-0.39, 0.29) is 0 Å². The zero-order valence-electron chi connectivity index (χ0n) is 21.7. The number of anilines is 3. The molecule has 0 atom stereocenters. The van der Waals surface area contributed by atoms with Crippen molar-refractivity contribution in [2.24, 2.45) is 0 Å². The van der Waals surface area contributed by atoms with E-state index in [2.05, 4.69) is 110 Å². The summed E-state index contributed by atoms with van der Waals surface area (Å²) in [4.78, 5) is 2.29. The summed E-state index contributed by atoms with van der Waals surface area (Å²) in [6.07, 6.45) is 8.66. The Bertz CT molecular complexity index is 1210. The second kappa shape index (κ2) is 11.5. The Morgan fingerprint density at radius 1 is 0.611 bits per heavy atom. The third-order valence-corrected chi connectivity index (χ3v) is 7.30. The number of aryl methyl sites for hydroxylation is 4. The van der Waals surface area contributed by atoms with Gasteiger partial charge in [0.1, 0.15) is 5.75 Å². The first-order valence-electron chi connectivity index (χ1n) is 13.4. The van der Waals surface area contributed by atoms with Gasteiger partial charge in [0.05, 0.1) is 6.61 Å². The summed E-state index contributed by atoms with van der Waals surface area (Å²) in [7, 11) is 0. The van der Waals surface area contributed by atoms with Gasteiger partial charge in [0.25, 0.3) is 0 Å². The Labute approximate surface area is 216 Å². The van der Waals surface area contributed by atoms with Gasteiger partial charge in [0.2, 0.25) is 0 Å². The van der Waals surface area contributed by atoms with E-state index in [9.17, 15) is 0 Å². The van der Waals surface area contributed by atoms with E-state index in [1.807, 2.05) is 0 Å². The molecule has 0 spiro atoms. The summed E-state index contributed by atoms with van der Waals surface area (Å²) in [5.41, 5.74) is 10.8. The van der Waals surface area contributed by atoms with Crippen molar-refractivity contribution in [1.29, 1.82) is 0 Å². The molecule has 0 fully saturated rings. The fourth-order valence-electron chi connectivity index (χ4n) is 5.05. The van der Waals surface area contributed by atoms with Gasteiger partial charge in [-0.2, -0.15) is 0 Å². The monoisotopic (exact) mass is 475 g/mol. The molecule has 184 valence electrons. The van der Waals surface area contributed by atoms with E-state index in [4.69, 9.17) is 4.74 Å². The number of hydrogen-bond acceptors (Lipinski definition) is 2. The first-order valence-corrected chi connectivity index (χ1v) is 13.4. The van der Waals surface area contributed by atoms with Crippen LogP contribution in [0.25, 0.3) is 0 Å². The molecule has 2 nitrogen and oxygen atoms in total. The zero-order chi connectivity index (χ0) is 24.7. The van der Waals surface area contributed by atoms with Crippen LogP contribution in [0, 0.1) is 13.8 Å². The van der Waals surface area contributed by atoms with Crippen molar-refractivity contribution < 1.29 is 4.74 Å². The Balaban J connectivity index is 1.12. The first-order chi connectivity index (χ1) is 17.7. The molecule has 0 unspecified atom stereocenters. The van der Waals surface area contributed by atoms with Gasteiger partial charge in [-0.05, 0) is 111 Å². The Morgan fingerprint density at radius 3 is 1.78 bits per heavy atom. The average molecular weight is 476 g/mol. The third kappa shape index (κ3) is 5.82. The molecular weight excluding hydrogens is 438 g/mol. The lowest BCUT2D eigenvalue weighted by atomic mass is 9.83. The molecule has 0 heterocycles. The van der Waals surface area contributed by atoms with Crippen LogP contribution in [0.15, 0.2) is 91.0 Å². The van der Waals surface area contributed by atoms with Gasteiger partial charge in [-0.1, -0.05) is 66.4 Å². The van der Waals surface area contributed by atoms with Crippen LogP contribution in [0.4, 0.5) is 17.1 Å². The summed E-state index contributed by atoms with van der Waals surface area (Å²) in [5.74, 6) is 0.940. The summed E-state index contributed by atoms with van der Waals surface area (Å²) in [6.45, 7) is 5.03. The maximum atomic E-state index is 6.07. The van der Waals surface area contributed by atoms with Crippen molar-refractivity contribution in [3.05, 3.63) is 119 Å². The zero-order valence-corrected chi connectivity index (χ0v) is 21.7. The molecule has 0 aliphatic heterocycles. The highest BCUT2D eigenvalue weighted by Gasteiger charge is 2.16. The number of hydrogen-bond donors (Lipinski definition) is 0. The molecule has 4 aromatic rings. The molecule has 5 rings (SSSR count). The van der Waals surface area contributed by atoms with Crippen LogP contribution in [0.3, 0.4) is 0 Å². The molecule has 2 heteroatoms. The molecule has 0 bridgehead atoms. The van der Waals surface area contributed by atoms with E-state index in [0.29, 0.717) is 0 Å². The number of fused-ring (bicyclic) bond motifs is 1. The standard InChI is InChI=1S/C34H37NO/c1-26-11-16-30(17-12-26)35(31-18-13-27(2)14-19-31)32-20-22-33(23-21-32)36-25-6-4-3-5-8-28-9-7-10-29-15-24-34(28)29/h7,9-14,16-23H,3-6,8,15,24-25H2,1-2H3. The van der Waals surface area contributed by atoms with Gasteiger partial charge in [-0.25, -0.2) is 0 Å². The van der Waals surface area contributed by atoms with E-state index < -0.39 is 0 Å². The molecule has 0 radical (unpaired) electrons. The molecule has 1 aliphatic rings. The van der Waals surface area contributed by atoms with Crippen LogP contribution < -0.4 is 9.64 Å². The maximum Gasteiger partial charge on any atom is 0.119 e. The van der Waals surface area contributed by atoms with Crippen LogP contribution >= 0.6 is 0 Å². The van der Waals surface area contributed by atoms with E-state index in [1.165, 1.54) is 49.7 Å². The fourth-order valence-corrected chi connectivity index (χ4v) is 5.05. The SMILES string of the molecule is Cc1ccc(N(c2ccc(C)cc2)c2ccc(OCCCCCCc3cccc4c3CC4)cc2)cc1. The highest BCUT2D eigenvalue weighted by atomic mass is 16.5. The van der Waals surface area contributed by atoms with Crippen molar-refractivity contribution in [3.8, 4) is 5.75 Å². The number of benzene rings is 4. The maximum absolute atomic E-state index is 6.07. The van der Waals surface area contributed by atoms with Crippen LogP contribution in [0.5, 0.6) is 5.75 Å². The van der Waals surface area contributed by atoms with Crippen molar-refractivity contribution >= 4 is 17.1 Å². The highest BCUT2D eigenvalue weighted by Crippen LogP contribution is 2.35. The molecule has 0 saturated heterocycles. The van der Waals surface area contributed by atoms with Crippen molar-refractivity contribution in [1.82, 2.24) is 0 Å². The summed E-state index contributed by atoms with van der Waals surface area (Å²) in [5, 5.41) is 0. The largest absolute Gasteiger partial charge is 0.494 e. The van der Waals surface area contributed by atoms with Crippen LogP contribution in [-0.4, -0.2) is 6.61 Å². The van der Waals surface area contributed by atoms with Crippen LogP contribution in [0.1, 0.15) is 53.5 Å². The number of ether oxygens (including phenoxy) is 1. The average Bonchev–Trinajstić information content (AvgIpc) is 2.88. The smallest absolute Gasteiger partial charge is 0.119 e. The molecular formula is C34H37NO.